The Morgan fingerprint density at radius 1 is 1.47 bits per heavy atom. The van der Waals surface area contributed by atoms with Crippen LogP contribution in [0.4, 0.5) is 0 Å². The van der Waals surface area contributed by atoms with Gasteiger partial charge in [0, 0.05) is 6.92 Å². The number of rotatable bonds is 5. The summed E-state index contributed by atoms with van der Waals surface area (Å²) in [6, 6.07) is 5.41. The number of aliphatic carboxylic acids is 1. The Bertz CT molecular complexity index is 589. The second-order valence-electron chi connectivity index (χ2n) is 4.94. The molecule has 0 bridgehead atoms. The van der Waals surface area contributed by atoms with Crippen molar-refractivity contribution in [2.75, 3.05) is 20.6 Å². The van der Waals surface area contributed by atoms with Crippen LogP contribution in [0.5, 0.6) is 0 Å². The number of carbonyl (C=O) groups is 1. The molecule has 5 heteroatoms. The van der Waals surface area contributed by atoms with Gasteiger partial charge in [-0.05, 0) is 44.8 Å². The van der Waals surface area contributed by atoms with Crippen LogP contribution in [0, 0.1) is 6.92 Å². The lowest BCUT2D eigenvalue weighted by Gasteiger charge is -2.15. The highest BCUT2D eigenvalue weighted by Crippen LogP contribution is 2.25. The van der Waals surface area contributed by atoms with Gasteiger partial charge in [0.2, 0.25) is 0 Å². The van der Waals surface area contributed by atoms with Gasteiger partial charge in [-0.15, -0.1) is 0 Å². The Morgan fingerprint density at radius 3 is 2.84 bits per heavy atom. The van der Waals surface area contributed by atoms with Crippen LogP contribution in [-0.2, 0) is 4.79 Å². The van der Waals surface area contributed by atoms with Crippen molar-refractivity contribution in [3.05, 3.63) is 29.7 Å². The first-order chi connectivity index (χ1) is 8.97. The van der Waals surface area contributed by atoms with E-state index in [1.807, 2.05) is 31.1 Å². The number of aromatic nitrogens is 1. The molecule has 0 fully saturated rings. The number of nitrogens with zero attached hydrogens (tertiary/aromatic N) is 2. The second-order valence-corrected chi connectivity index (χ2v) is 4.94. The minimum Gasteiger partial charge on any atom is -0.481 e. The van der Waals surface area contributed by atoms with Gasteiger partial charge in [0.05, 0.1) is 5.92 Å². The Morgan fingerprint density at radius 2 is 2.21 bits per heavy atom. The summed E-state index contributed by atoms with van der Waals surface area (Å²) in [7, 11) is 3.86. The highest BCUT2D eigenvalue weighted by Gasteiger charge is 2.20. The van der Waals surface area contributed by atoms with E-state index in [9.17, 15) is 9.90 Å². The number of fused-ring (bicyclic) bond motifs is 1. The Labute approximate surface area is 111 Å². The fourth-order valence-corrected chi connectivity index (χ4v) is 2.09. The van der Waals surface area contributed by atoms with Gasteiger partial charge in [0.15, 0.2) is 11.5 Å². The molecule has 1 N–H and O–H groups in total. The summed E-state index contributed by atoms with van der Waals surface area (Å²) in [6.45, 7) is 2.50. The number of hydrogen-bond acceptors (Lipinski definition) is 4. The quantitative estimate of drug-likeness (QED) is 0.895. The summed E-state index contributed by atoms with van der Waals surface area (Å²) in [4.78, 5) is 17.6. The van der Waals surface area contributed by atoms with E-state index < -0.39 is 11.9 Å². The first kappa shape index (κ1) is 13.5. The molecule has 5 nitrogen and oxygen atoms in total. The van der Waals surface area contributed by atoms with E-state index in [-0.39, 0.29) is 0 Å². The smallest absolute Gasteiger partial charge is 0.311 e. The van der Waals surface area contributed by atoms with Crippen molar-refractivity contribution in [1.29, 1.82) is 0 Å². The molecule has 1 unspecified atom stereocenters. The standard InChI is InChI=1S/C14H18N2O3/c1-9-15-12-5-4-10(8-13(12)19-9)11(14(17)18)6-7-16(2)3/h4-5,8,11H,6-7H2,1-3H3,(H,17,18). The van der Waals surface area contributed by atoms with Gasteiger partial charge < -0.3 is 14.4 Å². The lowest BCUT2D eigenvalue weighted by atomic mass is 9.95. The van der Waals surface area contributed by atoms with Gasteiger partial charge in [-0.25, -0.2) is 4.98 Å². The minimum atomic E-state index is -0.808. The average Bonchev–Trinajstić information content (AvgIpc) is 2.67. The number of benzene rings is 1. The van der Waals surface area contributed by atoms with Crippen LogP contribution in [0.1, 0.15) is 23.8 Å². The van der Waals surface area contributed by atoms with E-state index in [1.165, 1.54) is 0 Å². The van der Waals surface area contributed by atoms with Gasteiger partial charge in [-0.1, -0.05) is 6.07 Å². The van der Waals surface area contributed by atoms with Crippen molar-refractivity contribution < 1.29 is 14.3 Å². The maximum Gasteiger partial charge on any atom is 0.311 e. The van der Waals surface area contributed by atoms with Crippen LogP contribution in [0.25, 0.3) is 11.1 Å². The largest absolute Gasteiger partial charge is 0.481 e. The predicted molar refractivity (Wildman–Crippen MR) is 72.3 cm³/mol. The van der Waals surface area contributed by atoms with E-state index in [4.69, 9.17) is 4.42 Å². The van der Waals surface area contributed by atoms with Crippen molar-refractivity contribution in [3.63, 3.8) is 0 Å². The zero-order chi connectivity index (χ0) is 14.0. The third kappa shape index (κ3) is 3.12. The van der Waals surface area contributed by atoms with Crippen molar-refractivity contribution in [2.45, 2.75) is 19.3 Å². The Hall–Kier alpha value is -1.88. The molecule has 19 heavy (non-hydrogen) atoms. The lowest BCUT2D eigenvalue weighted by molar-refractivity contribution is -0.139. The van der Waals surface area contributed by atoms with Crippen LogP contribution in [-0.4, -0.2) is 41.6 Å². The number of hydrogen-bond donors (Lipinski definition) is 1. The molecule has 0 radical (unpaired) electrons. The monoisotopic (exact) mass is 262 g/mol. The minimum absolute atomic E-state index is 0.516. The number of carboxylic acids is 1. The molecule has 2 aromatic rings. The first-order valence-electron chi connectivity index (χ1n) is 6.22. The topological polar surface area (TPSA) is 66.6 Å². The first-order valence-corrected chi connectivity index (χ1v) is 6.22. The molecule has 1 aromatic heterocycles. The maximum absolute atomic E-state index is 11.4. The predicted octanol–water partition coefficient (Wildman–Crippen LogP) is 2.26. The van der Waals surface area contributed by atoms with Gasteiger partial charge in [-0.3, -0.25) is 4.79 Å². The molecule has 0 aliphatic heterocycles. The summed E-state index contributed by atoms with van der Waals surface area (Å²) < 4.78 is 5.45. The number of aryl methyl sites for hydroxylation is 1. The molecule has 0 amide bonds. The zero-order valence-electron chi connectivity index (χ0n) is 11.4. The molecule has 0 saturated heterocycles. The van der Waals surface area contributed by atoms with E-state index in [0.717, 1.165) is 17.6 Å². The summed E-state index contributed by atoms with van der Waals surface area (Å²) in [5.41, 5.74) is 2.17. The SMILES string of the molecule is Cc1nc2ccc(C(CCN(C)C)C(=O)O)cc2o1. The normalized spacial score (nSPS) is 13.1. The van der Waals surface area contributed by atoms with Gasteiger partial charge in [0.25, 0.3) is 0 Å². The van der Waals surface area contributed by atoms with Gasteiger partial charge in [0.1, 0.15) is 5.52 Å². The Balaban J connectivity index is 2.30. The van der Waals surface area contributed by atoms with Crippen LogP contribution < -0.4 is 0 Å². The van der Waals surface area contributed by atoms with Crippen molar-refractivity contribution >= 4 is 17.1 Å². The molecule has 0 aliphatic carbocycles. The van der Waals surface area contributed by atoms with Crippen LogP contribution in [0.15, 0.2) is 22.6 Å². The van der Waals surface area contributed by atoms with Crippen LogP contribution >= 0.6 is 0 Å². The lowest BCUT2D eigenvalue weighted by Crippen LogP contribution is -2.20. The second kappa shape index (κ2) is 5.40. The molecule has 1 atom stereocenters. The van der Waals surface area contributed by atoms with E-state index in [0.29, 0.717) is 17.9 Å². The summed E-state index contributed by atoms with van der Waals surface area (Å²) in [5.74, 6) is -0.734. The summed E-state index contributed by atoms with van der Waals surface area (Å²) in [6.07, 6.45) is 0.570. The van der Waals surface area contributed by atoms with Crippen LogP contribution in [0.3, 0.4) is 0 Å². The molecular weight excluding hydrogens is 244 g/mol. The molecule has 0 saturated carbocycles. The van der Waals surface area contributed by atoms with Crippen LogP contribution in [0.2, 0.25) is 0 Å². The highest BCUT2D eigenvalue weighted by molar-refractivity contribution is 5.80. The molecular formula is C14H18N2O3. The molecule has 2 rings (SSSR count). The average molecular weight is 262 g/mol. The molecule has 1 aromatic carbocycles. The molecule has 1 heterocycles. The van der Waals surface area contributed by atoms with Crippen molar-refractivity contribution in [1.82, 2.24) is 9.88 Å². The van der Waals surface area contributed by atoms with E-state index in [1.54, 1.807) is 13.0 Å². The van der Waals surface area contributed by atoms with E-state index >= 15 is 0 Å². The number of carboxylic acid groups (broad SMARTS) is 1. The highest BCUT2D eigenvalue weighted by atomic mass is 16.4. The summed E-state index contributed by atoms with van der Waals surface area (Å²) in [5, 5.41) is 9.35. The Kier molecular flexibility index (Phi) is 3.85. The third-order valence-corrected chi connectivity index (χ3v) is 3.08. The number of oxazole rings is 1. The van der Waals surface area contributed by atoms with E-state index in [2.05, 4.69) is 4.98 Å². The maximum atomic E-state index is 11.4. The van der Waals surface area contributed by atoms with Gasteiger partial charge in [-0.2, -0.15) is 0 Å². The fourth-order valence-electron chi connectivity index (χ4n) is 2.09. The fraction of sp³-hybridized carbons (Fsp3) is 0.429. The van der Waals surface area contributed by atoms with Gasteiger partial charge >= 0.3 is 5.97 Å². The zero-order valence-corrected chi connectivity index (χ0v) is 11.4. The summed E-state index contributed by atoms with van der Waals surface area (Å²) >= 11 is 0. The van der Waals surface area contributed by atoms with Crippen molar-refractivity contribution in [2.24, 2.45) is 0 Å². The molecule has 102 valence electrons. The molecule has 0 aliphatic rings. The molecule has 0 spiro atoms. The van der Waals surface area contributed by atoms with Crippen molar-refractivity contribution in [3.8, 4) is 0 Å². The third-order valence-electron chi connectivity index (χ3n) is 3.08.